The molecule has 0 spiro atoms. The van der Waals surface area contributed by atoms with Crippen molar-refractivity contribution in [1.82, 2.24) is 39.9 Å². The Balaban J connectivity index is 0.000000145. The van der Waals surface area contributed by atoms with Gasteiger partial charge in [-0.25, -0.2) is 28.7 Å². The van der Waals surface area contributed by atoms with Crippen LogP contribution in [0.15, 0.2) is 201 Å². The molecule has 4 aromatic heterocycles. The maximum atomic E-state index is 13.3. The summed E-state index contributed by atoms with van der Waals surface area (Å²) in [5, 5.41) is 103. The molecule has 604 valence electrons. The molecule has 0 saturated heterocycles. The number of nitrogens with zero attached hydrogens (tertiary/aromatic N) is 12. The van der Waals surface area contributed by atoms with Crippen LogP contribution in [-0.4, -0.2) is 109 Å². The lowest BCUT2D eigenvalue weighted by atomic mass is 9.93. The third kappa shape index (κ3) is 25.0. The molecule has 25 nitrogen and oxygen atoms in total. The highest BCUT2D eigenvalue weighted by molar-refractivity contribution is 6.31. The van der Waals surface area contributed by atoms with Gasteiger partial charge in [-0.1, -0.05) is 139 Å². The Morgan fingerprint density at radius 2 is 0.627 bits per heavy atom. The predicted octanol–water partition coefficient (Wildman–Crippen LogP) is 16.8. The standard InChI is InChI=1S/C24H24FN5O2.C24H24FN5O.C24H25N5O.C18H20ClN5O/c25-18-5-11-21(12-6-18)32-22-4-2-1-3-16(22)14-27-24-28-15-17(13-26)23(30-24)29-19-7-9-20(31)10-8-19;25-19-7-5-16(6-8-19)22-4-2-1-3-17(22)14-27-24-28-15-18(13-26)23(30-24)29-20-9-11-21(31)12-10-20;25-14-19-16-27-24(29-23(19)28-20-10-12-21(30)13-11-20)26-15-18-8-4-5-9-22(18)17-6-2-1-3-7-17;19-16-4-2-1-3-12(16)10-21-18-22-11-13(9-20)17(24-18)23-14-5-7-15(25)8-6-14/h1-6,11-12,15,19-20,31H,7-10,14H2,(H2,27,28,29,30);1-8,15,20-21,31H,9-12,14H2,(H2,27,28,29,30);1-9,16,20-21,30H,10-13,15H2,(H2,26,27,28,29);1-4,11,14-15,25H,5-8,10H2,(H2,21,22,23,24). The fraction of sp³-hybridized carbons (Fsp3) is 0.311. The summed E-state index contributed by atoms with van der Waals surface area (Å²) in [7, 11) is 0. The van der Waals surface area contributed by atoms with Crippen LogP contribution in [0.5, 0.6) is 11.5 Å². The van der Waals surface area contributed by atoms with Gasteiger partial charge in [-0.3, -0.25) is 0 Å². The zero-order valence-electron chi connectivity index (χ0n) is 65.0. The van der Waals surface area contributed by atoms with Crippen LogP contribution >= 0.6 is 11.6 Å². The summed E-state index contributed by atoms with van der Waals surface area (Å²) in [5.41, 5.74) is 9.87. The van der Waals surface area contributed by atoms with E-state index >= 15 is 0 Å². The summed E-state index contributed by atoms with van der Waals surface area (Å²) < 4.78 is 32.3. The summed E-state index contributed by atoms with van der Waals surface area (Å²) in [5.74, 6) is 4.40. The van der Waals surface area contributed by atoms with E-state index in [1.165, 1.54) is 48.4 Å². The van der Waals surface area contributed by atoms with Crippen molar-refractivity contribution >= 4 is 58.7 Å². The molecule has 0 atom stereocenters. The quantitative estimate of drug-likeness (QED) is 0.0267. The number of aliphatic hydroxyl groups is 4. The van der Waals surface area contributed by atoms with Crippen molar-refractivity contribution in [1.29, 1.82) is 21.0 Å². The largest absolute Gasteiger partial charge is 0.457 e. The van der Waals surface area contributed by atoms with Gasteiger partial charge in [-0.05, 0) is 190 Å². The van der Waals surface area contributed by atoms with E-state index in [-0.39, 0.29) is 60.2 Å². The van der Waals surface area contributed by atoms with E-state index in [1.54, 1.807) is 30.5 Å². The van der Waals surface area contributed by atoms with Crippen LogP contribution in [0.3, 0.4) is 0 Å². The summed E-state index contributed by atoms with van der Waals surface area (Å²) in [6.07, 6.45) is 18.0. The van der Waals surface area contributed by atoms with Crippen molar-refractivity contribution in [3.8, 4) is 58.0 Å². The topological polar surface area (TPSA) is 385 Å². The van der Waals surface area contributed by atoms with Gasteiger partial charge in [0.25, 0.3) is 0 Å². The van der Waals surface area contributed by atoms with E-state index in [0.29, 0.717) is 112 Å². The van der Waals surface area contributed by atoms with Crippen LogP contribution in [0.4, 0.5) is 55.8 Å². The summed E-state index contributed by atoms with van der Waals surface area (Å²) in [6, 6.07) is 63.1. The first kappa shape index (κ1) is 84.4. The average Bonchev–Trinajstić information content (AvgIpc) is 0.838. The number of rotatable bonds is 24. The lowest BCUT2D eigenvalue weighted by Gasteiger charge is -2.26. The fourth-order valence-corrected chi connectivity index (χ4v) is 14.4. The van der Waals surface area contributed by atoms with Gasteiger partial charge < -0.3 is 67.7 Å². The number of hydrogen-bond acceptors (Lipinski definition) is 25. The van der Waals surface area contributed by atoms with Crippen LogP contribution < -0.4 is 47.3 Å². The van der Waals surface area contributed by atoms with Gasteiger partial charge in [0.05, 0.1) is 49.2 Å². The van der Waals surface area contributed by atoms with E-state index in [1.807, 2.05) is 103 Å². The van der Waals surface area contributed by atoms with Gasteiger partial charge in [0.1, 0.15) is 92.9 Å². The molecule has 4 aliphatic carbocycles. The minimum absolute atomic E-state index is 0.165. The maximum Gasteiger partial charge on any atom is 0.224 e. The number of halogens is 3. The number of hydrogen-bond donors (Lipinski definition) is 12. The fourth-order valence-electron chi connectivity index (χ4n) is 14.2. The Hall–Kier alpha value is -13.0. The first-order valence-corrected chi connectivity index (χ1v) is 40.0. The zero-order chi connectivity index (χ0) is 82.4. The number of aliphatic hydroxyl groups excluding tert-OH is 4. The zero-order valence-corrected chi connectivity index (χ0v) is 65.8. The highest BCUT2D eigenvalue weighted by Gasteiger charge is 2.26. The number of nitrogens with one attached hydrogen (secondary N) is 8. The molecule has 0 aliphatic heterocycles. The molecule has 4 fully saturated rings. The maximum absolute atomic E-state index is 13.3. The van der Waals surface area contributed by atoms with Crippen LogP contribution in [0.25, 0.3) is 22.3 Å². The number of anilines is 8. The lowest BCUT2D eigenvalue weighted by Crippen LogP contribution is -2.29. The molecule has 7 aromatic carbocycles. The Kier molecular flexibility index (Phi) is 30.8. The first-order valence-electron chi connectivity index (χ1n) is 39.7. The van der Waals surface area contributed by atoms with Gasteiger partial charge in [0.2, 0.25) is 23.8 Å². The molecule has 11 aromatic rings. The normalized spacial score (nSPS) is 18.5. The SMILES string of the molecule is N#Cc1cnc(NCc2ccccc2-c2ccc(F)cc2)nc1NC1CCC(O)CC1.N#Cc1cnc(NCc2ccccc2-c2ccccc2)nc1NC1CCC(O)CC1.N#Cc1cnc(NCc2ccccc2Cl)nc1NC1CCC(O)CC1.N#Cc1cnc(NCc2ccccc2Oc2ccc(F)cc2)nc1NC1CCC(O)CC1. The van der Waals surface area contributed by atoms with E-state index < -0.39 is 0 Å². The van der Waals surface area contributed by atoms with E-state index in [0.717, 1.165) is 142 Å². The summed E-state index contributed by atoms with van der Waals surface area (Å²) >= 11 is 6.15. The third-order valence-corrected chi connectivity index (χ3v) is 21.2. The molecule has 0 amide bonds. The molecule has 12 N–H and O–H groups in total. The molecule has 0 radical (unpaired) electrons. The first-order chi connectivity index (χ1) is 57.6. The Labute approximate surface area is 689 Å². The van der Waals surface area contributed by atoms with Crippen molar-refractivity contribution < 1.29 is 33.9 Å². The second kappa shape index (κ2) is 43.1. The Morgan fingerprint density at radius 1 is 0.339 bits per heavy atom. The molecule has 4 heterocycles. The minimum atomic E-state index is -0.320. The molecule has 0 unspecified atom stereocenters. The number of benzene rings is 7. The third-order valence-electron chi connectivity index (χ3n) is 20.8. The van der Waals surface area contributed by atoms with Gasteiger partial charge in [-0.15, -0.1) is 0 Å². The van der Waals surface area contributed by atoms with E-state index in [9.17, 15) is 50.3 Å². The molecular weight excluding hydrogens is 1510 g/mol. The highest BCUT2D eigenvalue weighted by Crippen LogP contribution is 2.33. The molecule has 4 saturated carbocycles. The molecule has 15 rings (SSSR count). The summed E-state index contributed by atoms with van der Waals surface area (Å²) in [4.78, 5) is 35.0. The second-order valence-electron chi connectivity index (χ2n) is 29.2. The number of ether oxygens (including phenoxy) is 1. The van der Waals surface area contributed by atoms with Crippen molar-refractivity contribution in [3.05, 3.63) is 262 Å². The summed E-state index contributed by atoms with van der Waals surface area (Å²) in [6.45, 7) is 1.96. The van der Waals surface area contributed by atoms with Crippen molar-refractivity contribution in [2.75, 3.05) is 42.5 Å². The number of nitriles is 4. The van der Waals surface area contributed by atoms with Crippen LogP contribution in [0.1, 0.15) is 147 Å². The minimum Gasteiger partial charge on any atom is -0.457 e. The molecule has 0 bridgehead atoms. The van der Waals surface area contributed by atoms with E-state index in [4.69, 9.17) is 16.3 Å². The van der Waals surface area contributed by atoms with Gasteiger partial charge >= 0.3 is 0 Å². The Morgan fingerprint density at radius 3 is 0.983 bits per heavy atom. The molecular formula is C90H93ClF2N20O5. The van der Waals surface area contributed by atoms with Crippen LogP contribution in [-0.2, 0) is 26.2 Å². The predicted molar refractivity (Wildman–Crippen MR) is 452 cm³/mol. The second-order valence-corrected chi connectivity index (χ2v) is 29.6. The highest BCUT2D eigenvalue weighted by atomic mass is 35.5. The van der Waals surface area contributed by atoms with Crippen molar-refractivity contribution in [3.63, 3.8) is 0 Å². The number of para-hydroxylation sites is 1. The molecule has 4 aliphatic rings. The van der Waals surface area contributed by atoms with Crippen molar-refractivity contribution in [2.24, 2.45) is 0 Å². The molecule has 118 heavy (non-hydrogen) atoms. The molecule has 28 heteroatoms. The lowest BCUT2D eigenvalue weighted by molar-refractivity contribution is 0.125. The van der Waals surface area contributed by atoms with Crippen molar-refractivity contribution in [2.45, 2.75) is 177 Å². The van der Waals surface area contributed by atoms with Crippen LogP contribution in [0.2, 0.25) is 5.02 Å². The monoisotopic (exact) mass is 1610 g/mol. The van der Waals surface area contributed by atoms with Gasteiger partial charge in [0, 0.05) is 60.9 Å². The Bertz CT molecular complexity index is 5260. The van der Waals surface area contributed by atoms with Gasteiger partial charge in [0.15, 0.2) is 0 Å². The number of aromatic nitrogens is 8. The van der Waals surface area contributed by atoms with E-state index in [2.05, 4.69) is 131 Å². The van der Waals surface area contributed by atoms with Gasteiger partial charge in [-0.2, -0.15) is 41.0 Å². The average molecular weight is 1610 g/mol. The van der Waals surface area contributed by atoms with Crippen LogP contribution in [0, 0.1) is 57.0 Å². The smallest absolute Gasteiger partial charge is 0.224 e.